The summed E-state index contributed by atoms with van der Waals surface area (Å²) in [6.45, 7) is 21.1. The van der Waals surface area contributed by atoms with Gasteiger partial charge in [0.05, 0.1) is 35.3 Å². The molecule has 0 saturated heterocycles. The molecule has 4 aliphatic rings. The highest BCUT2D eigenvalue weighted by Gasteiger charge is 2.36. The molecule has 0 aromatic heterocycles. The van der Waals surface area contributed by atoms with Gasteiger partial charge in [0.2, 0.25) is 0 Å². The normalized spacial score (nSPS) is 14.4. The maximum Gasteiger partial charge on any atom is 0.762 e. The molecule has 0 fully saturated rings. The molecule has 23 heteroatoms. The molecule has 4 aliphatic heterocycles. The topological polar surface area (TPSA) is 202 Å². The predicted molar refractivity (Wildman–Crippen MR) is 365 cm³/mol. The van der Waals surface area contributed by atoms with E-state index in [0.717, 1.165) is 73.4 Å². The molecular weight excluding hydrogens is 1280 g/mol. The second kappa shape index (κ2) is 36.1. The fraction of sp³-hybridized carbons (Fsp3) is 0.333. The molecule has 4 heterocycles. The van der Waals surface area contributed by atoms with Crippen LogP contribution in [0.25, 0.3) is 0 Å². The highest BCUT2D eigenvalue weighted by atomic mass is 32.2. The van der Waals surface area contributed by atoms with Gasteiger partial charge in [0.25, 0.3) is 0 Å². The highest BCUT2D eigenvalue weighted by Crippen LogP contribution is 2.32. The molecule has 0 saturated carbocycles. The first-order valence-electron chi connectivity index (χ1n) is 30.0. The highest BCUT2D eigenvalue weighted by molar-refractivity contribution is 7.86. The lowest BCUT2D eigenvalue weighted by atomic mass is 9.86. The summed E-state index contributed by atoms with van der Waals surface area (Å²) < 4.78 is 142. The van der Waals surface area contributed by atoms with Crippen molar-refractivity contribution in [3.8, 4) is 23.8 Å². The standard InChI is InChI=1S/C13H18NO2.C13H18N.C13H14N.C12H16N.3C7H8O3S.BF3.FH/c1-9-11-8-13(16-4)12(15-3)7-10(11)5-6-14(9)2;1-10-12-8-6-5-7-11(12)9-13(2,3)14(10)4;1-3-6-13-12-8-5-4-7-11(12)9-10-14(13)2;1-12(2)8-10-6-4-5-7-11(10)9-13(12)3;3*1-6-2-4-7(5-3-6)11(8,9)10;2-1(3)4;/h7-8H,5-6H2,1-4H3;5-8H,9H2,1-4H3;1,4-5,7-8H,6,9-10H2,2H3;4-7,9H,8H2,1-3H3;3*2-5H,1H3,(H,8,9,10);;1H/q4*+1;;;;;/p-4. The van der Waals surface area contributed by atoms with Gasteiger partial charge in [-0.05, 0) is 110 Å². The van der Waals surface area contributed by atoms with E-state index in [2.05, 4.69) is 185 Å². The Morgan fingerprint density at radius 3 is 1.33 bits per heavy atom. The van der Waals surface area contributed by atoms with Crippen molar-refractivity contribution in [1.29, 1.82) is 0 Å². The van der Waals surface area contributed by atoms with Crippen molar-refractivity contribution in [2.75, 3.05) is 55.5 Å². The van der Waals surface area contributed by atoms with Gasteiger partial charge < -0.3 is 27.8 Å². The zero-order valence-electron chi connectivity index (χ0n) is 56.7. The molecule has 7 aromatic carbocycles. The average molecular weight is 1370 g/mol. The minimum absolute atomic E-state index is 0. The van der Waals surface area contributed by atoms with Crippen molar-refractivity contribution in [2.45, 2.75) is 120 Å². The van der Waals surface area contributed by atoms with E-state index in [1.165, 1.54) is 98.0 Å². The van der Waals surface area contributed by atoms with Crippen LogP contribution in [0.2, 0.25) is 0 Å². The van der Waals surface area contributed by atoms with Gasteiger partial charge in [-0.3, -0.25) is 12.9 Å². The lowest BCUT2D eigenvalue weighted by Gasteiger charge is -2.28. The van der Waals surface area contributed by atoms with Crippen molar-refractivity contribution in [3.63, 3.8) is 0 Å². The van der Waals surface area contributed by atoms with E-state index in [4.69, 9.17) is 15.9 Å². The molecule has 0 spiro atoms. The number of nitrogens with zero attached hydrogens (tertiary/aromatic N) is 4. The summed E-state index contributed by atoms with van der Waals surface area (Å²) in [5.41, 5.74) is 18.3. The van der Waals surface area contributed by atoms with E-state index < -0.39 is 37.9 Å². The van der Waals surface area contributed by atoms with Crippen LogP contribution in [0, 0.1) is 33.1 Å². The zero-order valence-corrected chi connectivity index (χ0v) is 59.2. The number of hydrogen-bond donors (Lipinski definition) is 0. The van der Waals surface area contributed by atoms with E-state index in [1.54, 1.807) is 50.6 Å². The van der Waals surface area contributed by atoms with Crippen LogP contribution in [0.15, 0.2) is 172 Å². The molecule has 15 nitrogen and oxygen atoms in total. The maximum atomic E-state index is 10.4. The third-order valence-corrected chi connectivity index (χ3v) is 18.9. The maximum absolute atomic E-state index is 10.4. The Morgan fingerprint density at radius 2 is 0.884 bits per heavy atom. The van der Waals surface area contributed by atoms with E-state index in [1.807, 2.05) is 20.8 Å². The fourth-order valence-electron chi connectivity index (χ4n) is 10.3. The number of terminal acetylenes is 1. The van der Waals surface area contributed by atoms with E-state index in [0.29, 0.717) is 0 Å². The number of hydrogen-bond acceptors (Lipinski definition) is 11. The first-order valence-corrected chi connectivity index (χ1v) is 34.3. The molecule has 0 bridgehead atoms. The molecule has 510 valence electrons. The van der Waals surface area contributed by atoms with Crippen LogP contribution < -0.4 is 14.2 Å². The van der Waals surface area contributed by atoms with Crippen LogP contribution in [0.5, 0.6) is 11.5 Å². The van der Waals surface area contributed by atoms with Gasteiger partial charge in [-0.15, -0.1) is 6.42 Å². The molecule has 7 aromatic rings. The minimum Gasteiger partial charge on any atom is -1.00 e. The number of aryl methyl sites for hydroxylation is 3. The second-order valence-electron chi connectivity index (χ2n) is 24.0. The number of halogens is 4. The van der Waals surface area contributed by atoms with Gasteiger partial charge in [-0.1, -0.05) is 114 Å². The molecule has 95 heavy (non-hydrogen) atoms. The van der Waals surface area contributed by atoms with Gasteiger partial charge >= 0.3 is 7.54 Å². The van der Waals surface area contributed by atoms with E-state index in [9.17, 15) is 51.9 Å². The van der Waals surface area contributed by atoms with Gasteiger partial charge in [0.1, 0.15) is 71.6 Å². The largest absolute Gasteiger partial charge is 1.00 e. The quantitative estimate of drug-likeness (QED) is 0.0508. The third kappa shape index (κ3) is 24.9. The van der Waals surface area contributed by atoms with Gasteiger partial charge in [0, 0.05) is 89.5 Å². The molecule has 11 rings (SSSR count). The Bertz CT molecular complexity index is 4090. The first-order chi connectivity index (χ1) is 43.8. The molecule has 0 N–H and O–H groups in total. The smallest absolute Gasteiger partial charge is 0.762 e. The lowest BCUT2D eigenvalue weighted by Crippen LogP contribution is -3.00. The summed E-state index contributed by atoms with van der Waals surface area (Å²) in [7, 11) is -4.56. The molecular formula is C72H87BF4N4O11S3. The summed E-state index contributed by atoms with van der Waals surface area (Å²) in [5, 5.41) is 0. The minimum atomic E-state index is -4.27. The first kappa shape index (κ1) is 81.1. The van der Waals surface area contributed by atoms with Gasteiger partial charge in [-0.25, -0.2) is 43.6 Å². The molecule has 0 amide bonds. The monoisotopic (exact) mass is 1370 g/mol. The molecule has 0 radical (unpaired) electrons. The third-order valence-electron chi connectivity index (χ3n) is 16.4. The Morgan fingerprint density at radius 1 is 0.505 bits per heavy atom. The Balaban J connectivity index is 0.000000287. The molecule has 0 atom stereocenters. The summed E-state index contributed by atoms with van der Waals surface area (Å²) in [4.78, 5) is -0.533. The molecule has 0 unspecified atom stereocenters. The summed E-state index contributed by atoms with van der Waals surface area (Å²) in [5.74, 6) is 4.35. The lowest BCUT2D eigenvalue weighted by molar-refractivity contribution is -0.576. The average Bonchev–Trinajstić information content (AvgIpc) is 0.824. The predicted octanol–water partition coefficient (Wildman–Crippen LogP) is 8.54. The van der Waals surface area contributed by atoms with E-state index >= 15 is 0 Å². The van der Waals surface area contributed by atoms with Crippen molar-refractivity contribution in [1.82, 2.24) is 0 Å². The van der Waals surface area contributed by atoms with Crippen LogP contribution in [0.4, 0.5) is 12.9 Å². The number of likely N-dealkylation sites (N-methyl/N-ethyl adjacent to an activating group) is 4. The molecule has 0 aliphatic carbocycles. The summed E-state index contributed by atoms with van der Waals surface area (Å²) in [6, 6.07) is 47.4. The number of benzene rings is 7. The Kier molecular flexibility index (Phi) is 30.9. The van der Waals surface area contributed by atoms with Crippen LogP contribution >= 0.6 is 0 Å². The van der Waals surface area contributed by atoms with E-state index in [-0.39, 0.29) is 30.5 Å². The number of fused-ring (bicyclic) bond motifs is 4. The second-order valence-corrected chi connectivity index (χ2v) is 28.2. The van der Waals surface area contributed by atoms with Crippen LogP contribution in [-0.2, 0) is 56.0 Å². The van der Waals surface area contributed by atoms with Crippen molar-refractivity contribution < 1.29 is 84.3 Å². The zero-order chi connectivity index (χ0) is 70.5. The fourth-order valence-corrected chi connectivity index (χ4v) is 11.7. The van der Waals surface area contributed by atoms with Crippen LogP contribution in [0.1, 0.15) is 109 Å². The Labute approximate surface area is 560 Å². The number of methoxy groups -OCH3 is 2. The van der Waals surface area contributed by atoms with Gasteiger partial charge in [-0.2, -0.15) is 0 Å². The van der Waals surface area contributed by atoms with Crippen LogP contribution in [-0.4, -0.2) is 155 Å². The summed E-state index contributed by atoms with van der Waals surface area (Å²) >= 11 is 0. The van der Waals surface area contributed by atoms with Crippen LogP contribution in [0.3, 0.4) is 0 Å². The summed E-state index contributed by atoms with van der Waals surface area (Å²) in [6.07, 6.45) is 12.8. The van der Waals surface area contributed by atoms with Crippen molar-refractivity contribution >= 4 is 61.2 Å². The van der Waals surface area contributed by atoms with Crippen molar-refractivity contribution in [3.05, 3.63) is 219 Å². The number of ether oxygens (including phenoxy) is 2. The Hall–Kier alpha value is -8.11. The number of rotatable bonds is 6. The SMILES string of the molecule is C#CCC1=[N+](C)CCc2ccccc21.CC1=[N+](C)C(C)(C)Cc2ccccc21.COc1cc2c(cc1OC)C(C)=[N+](C)CC2.C[N+]1=Cc2ccccc2CC1(C)C.Cc1ccc(S(=O)(=O)[O-])cc1.Cc1ccc(S(=O)(=O)[O-])cc1.Cc1ccc(S(=O)(=O)[O-])cc1.FB(F)F.[F-]. The van der Waals surface area contributed by atoms with Crippen molar-refractivity contribution in [2.24, 2.45) is 0 Å². The van der Waals surface area contributed by atoms with Gasteiger partial charge in [0.15, 0.2) is 45.9 Å².